The Bertz CT molecular complexity index is 267. The van der Waals surface area contributed by atoms with Gasteiger partial charge in [-0.05, 0) is 6.42 Å². The van der Waals surface area contributed by atoms with E-state index in [9.17, 15) is 19.2 Å². The van der Waals surface area contributed by atoms with Crippen LogP contribution in [0.1, 0.15) is 26.2 Å². The molecule has 78 valence electrons. The van der Waals surface area contributed by atoms with Gasteiger partial charge in [-0.3, -0.25) is 14.4 Å². The summed E-state index contributed by atoms with van der Waals surface area (Å²) in [5.74, 6) is -4.00. The van der Waals surface area contributed by atoms with Gasteiger partial charge in [-0.15, -0.1) is 0 Å². The molecular weight excluding hydrogens is 192 g/mol. The van der Waals surface area contributed by atoms with E-state index in [0.29, 0.717) is 0 Å². The number of carbonyl (C=O) groups excluding carboxylic acids is 3. The van der Waals surface area contributed by atoms with E-state index in [-0.39, 0.29) is 19.3 Å². The second-order valence-corrected chi connectivity index (χ2v) is 2.57. The van der Waals surface area contributed by atoms with Crippen molar-refractivity contribution in [1.29, 1.82) is 0 Å². The molecule has 0 unspecified atom stereocenters. The number of carbonyl (C=O) groups is 4. The van der Waals surface area contributed by atoms with E-state index in [4.69, 9.17) is 5.11 Å². The minimum atomic E-state index is -1.22. The Labute approximate surface area is 79.8 Å². The predicted octanol–water partition coefficient (Wildman–Crippen LogP) is -0.0999. The highest BCUT2D eigenvalue weighted by Gasteiger charge is 2.14. The topological polar surface area (TPSA) is 97.7 Å². The number of aliphatic carboxylic acids is 1. The van der Waals surface area contributed by atoms with Crippen molar-refractivity contribution in [1.82, 2.24) is 0 Å². The van der Waals surface area contributed by atoms with Crippen LogP contribution in [0.25, 0.3) is 0 Å². The molecule has 6 nitrogen and oxygen atoms in total. The number of carboxylic acid groups (broad SMARTS) is 1. The van der Waals surface area contributed by atoms with E-state index in [1.54, 1.807) is 0 Å². The van der Waals surface area contributed by atoms with Crippen molar-refractivity contribution in [2.45, 2.75) is 26.2 Å². The Kier molecular flexibility index (Phi) is 5.13. The van der Waals surface area contributed by atoms with Crippen LogP contribution < -0.4 is 0 Å². The molecule has 0 atom stereocenters. The fourth-order valence-electron chi connectivity index (χ4n) is 0.610. The molecule has 0 aromatic rings. The summed E-state index contributed by atoms with van der Waals surface area (Å²) in [6, 6.07) is 0. The molecule has 0 bridgehead atoms. The van der Waals surface area contributed by atoms with Gasteiger partial charge >= 0.3 is 17.9 Å². The molecule has 14 heavy (non-hydrogen) atoms. The standard InChI is InChI=1S/C8H10O6/c1-5(9)8(13)14-7(12)4-2-3-6(10)11/h2-4H2,1H3,(H,10,11). The molecule has 0 saturated carbocycles. The van der Waals surface area contributed by atoms with Crippen molar-refractivity contribution in [3.05, 3.63) is 0 Å². The van der Waals surface area contributed by atoms with Gasteiger partial charge in [-0.25, -0.2) is 4.79 Å². The van der Waals surface area contributed by atoms with Gasteiger partial charge in [-0.1, -0.05) is 0 Å². The predicted molar refractivity (Wildman–Crippen MR) is 43.3 cm³/mol. The number of rotatable bonds is 5. The first-order valence-electron chi connectivity index (χ1n) is 3.91. The molecule has 0 saturated heterocycles. The SMILES string of the molecule is CC(=O)C(=O)OC(=O)CCCC(=O)O. The van der Waals surface area contributed by atoms with Gasteiger partial charge in [0.15, 0.2) is 0 Å². The summed E-state index contributed by atoms with van der Waals surface area (Å²) >= 11 is 0. The number of hydrogen-bond donors (Lipinski definition) is 1. The Morgan fingerprint density at radius 2 is 1.71 bits per heavy atom. The number of carboxylic acids is 1. The molecule has 0 aliphatic rings. The van der Waals surface area contributed by atoms with Crippen molar-refractivity contribution < 1.29 is 29.0 Å². The minimum Gasteiger partial charge on any atom is -0.481 e. The van der Waals surface area contributed by atoms with Gasteiger partial charge in [0.1, 0.15) is 0 Å². The van der Waals surface area contributed by atoms with Gasteiger partial charge in [0.2, 0.25) is 5.78 Å². The Morgan fingerprint density at radius 3 is 2.14 bits per heavy atom. The molecule has 0 rings (SSSR count). The summed E-state index contributed by atoms with van der Waals surface area (Å²) in [5, 5.41) is 8.22. The molecule has 0 radical (unpaired) electrons. The molecule has 0 spiro atoms. The quantitative estimate of drug-likeness (QED) is 0.379. The second-order valence-electron chi connectivity index (χ2n) is 2.57. The van der Waals surface area contributed by atoms with E-state index < -0.39 is 23.7 Å². The maximum Gasteiger partial charge on any atom is 0.381 e. The van der Waals surface area contributed by atoms with Crippen molar-refractivity contribution in [2.75, 3.05) is 0 Å². The fourth-order valence-corrected chi connectivity index (χ4v) is 0.610. The first-order valence-corrected chi connectivity index (χ1v) is 3.91. The molecule has 0 aliphatic carbocycles. The molecule has 0 aromatic carbocycles. The van der Waals surface area contributed by atoms with Crippen LogP contribution in [-0.4, -0.2) is 28.8 Å². The Morgan fingerprint density at radius 1 is 1.14 bits per heavy atom. The Balaban J connectivity index is 3.71. The number of esters is 2. The van der Waals surface area contributed by atoms with Gasteiger partial charge < -0.3 is 9.84 Å². The normalized spacial score (nSPS) is 9.21. The summed E-state index contributed by atoms with van der Waals surface area (Å²) in [6.07, 6.45) is -0.284. The molecule has 1 N–H and O–H groups in total. The Hall–Kier alpha value is -1.72. The molecular formula is C8H10O6. The van der Waals surface area contributed by atoms with Crippen LogP contribution in [0, 0.1) is 0 Å². The number of Topliss-reactive ketones (excluding diaryl/α,β-unsaturated/α-hetero) is 1. The molecule has 0 aromatic heterocycles. The lowest BCUT2D eigenvalue weighted by Crippen LogP contribution is -2.18. The first kappa shape index (κ1) is 12.3. The van der Waals surface area contributed by atoms with Gasteiger partial charge in [0.25, 0.3) is 0 Å². The molecule has 0 heterocycles. The minimum absolute atomic E-state index is 0.0827. The molecule has 6 heteroatoms. The van der Waals surface area contributed by atoms with Gasteiger partial charge in [0.05, 0.1) is 0 Å². The number of ether oxygens (including phenoxy) is 1. The van der Waals surface area contributed by atoms with Crippen LogP contribution in [0.4, 0.5) is 0 Å². The van der Waals surface area contributed by atoms with E-state index in [2.05, 4.69) is 4.74 Å². The van der Waals surface area contributed by atoms with Gasteiger partial charge in [0, 0.05) is 19.8 Å². The second kappa shape index (κ2) is 5.85. The first-order chi connectivity index (χ1) is 6.43. The molecule has 0 aliphatic heterocycles. The molecule has 0 amide bonds. The maximum absolute atomic E-state index is 10.8. The fraction of sp³-hybridized carbons (Fsp3) is 0.500. The van der Waals surface area contributed by atoms with Gasteiger partial charge in [-0.2, -0.15) is 0 Å². The van der Waals surface area contributed by atoms with Crippen molar-refractivity contribution in [2.24, 2.45) is 0 Å². The third kappa shape index (κ3) is 5.87. The van der Waals surface area contributed by atoms with E-state index in [1.807, 2.05) is 0 Å². The zero-order valence-corrected chi connectivity index (χ0v) is 7.61. The number of ketones is 1. The van der Waals surface area contributed by atoms with Crippen molar-refractivity contribution in [3.8, 4) is 0 Å². The summed E-state index contributed by atoms with van der Waals surface area (Å²) < 4.78 is 4.07. The van der Waals surface area contributed by atoms with Crippen LogP contribution in [0.2, 0.25) is 0 Å². The number of hydrogen-bond acceptors (Lipinski definition) is 5. The largest absolute Gasteiger partial charge is 0.481 e. The van der Waals surface area contributed by atoms with E-state index >= 15 is 0 Å². The average Bonchev–Trinajstić information content (AvgIpc) is 2.02. The lowest BCUT2D eigenvalue weighted by atomic mass is 10.2. The third-order valence-corrected chi connectivity index (χ3v) is 1.27. The molecule has 0 fully saturated rings. The highest BCUT2D eigenvalue weighted by Crippen LogP contribution is 1.98. The average molecular weight is 202 g/mol. The van der Waals surface area contributed by atoms with Crippen molar-refractivity contribution in [3.63, 3.8) is 0 Å². The summed E-state index contributed by atoms with van der Waals surface area (Å²) in [4.78, 5) is 41.7. The van der Waals surface area contributed by atoms with Crippen LogP contribution in [0.15, 0.2) is 0 Å². The van der Waals surface area contributed by atoms with E-state index in [0.717, 1.165) is 6.92 Å². The zero-order valence-electron chi connectivity index (χ0n) is 7.61. The third-order valence-electron chi connectivity index (χ3n) is 1.27. The van der Waals surface area contributed by atoms with Crippen molar-refractivity contribution >= 4 is 23.7 Å². The van der Waals surface area contributed by atoms with Crippen LogP contribution in [0.3, 0.4) is 0 Å². The monoisotopic (exact) mass is 202 g/mol. The van der Waals surface area contributed by atoms with Crippen LogP contribution >= 0.6 is 0 Å². The summed E-state index contributed by atoms with van der Waals surface area (Å²) in [6.45, 7) is 0.979. The lowest BCUT2D eigenvalue weighted by molar-refractivity contribution is -0.163. The zero-order chi connectivity index (χ0) is 11.1. The highest BCUT2D eigenvalue weighted by molar-refractivity contribution is 6.34. The highest BCUT2D eigenvalue weighted by atomic mass is 16.6. The summed E-state index contributed by atoms with van der Waals surface area (Å²) in [5.41, 5.74) is 0. The maximum atomic E-state index is 10.8. The van der Waals surface area contributed by atoms with Crippen LogP contribution in [0.5, 0.6) is 0 Å². The lowest BCUT2D eigenvalue weighted by Gasteiger charge is -1.98. The van der Waals surface area contributed by atoms with Crippen LogP contribution in [-0.2, 0) is 23.9 Å². The summed E-state index contributed by atoms with van der Waals surface area (Å²) in [7, 11) is 0. The smallest absolute Gasteiger partial charge is 0.381 e. The van der Waals surface area contributed by atoms with E-state index in [1.165, 1.54) is 0 Å².